The highest BCUT2D eigenvalue weighted by Crippen LogP contribution is 2.24. The molecule has 0 saturated carbocycles. The van der Waals surface area contributed by atoms with Gasteiger partial charge in [-0.05, 0) is 33.6 Å². The van der Waals surface area contributed by atoms with E-state index in [0.29, 0.717) is 6.04 Å². The summed E-state index contributed by atoms with van der Waals surface area (Å²) in [5.74, 6) is 0. The molecule has 0 spiro atoms. The Hall–Kier alpha value is -1.30. The number of anilines is 1. The van der Waals surface area contributed by atoms with Gasteiger partial charge in [0.2, 0.25) is 0 Å². The number of carbonyl (C=O) groups excluding carboxylic acids is 1. The number of aromatic nitrogens is 1. The van der Waals surface area contributed by atoms with E-state index in [0.717, 1.165) is 31.1 Å². The van der Waals surface area contributed by atoms with Crippen molar-refractivity contribution in [3.05, 3.63) is 11.6 Å². The van der Waals surface area contributed by atoms with Gasteiger partial charge in [-0.3, -0.25) is 0 Å². The fourth-order valence-corrected chi connectivity index (χ4v) is 2.99. The SMILES string of the molecule is CN(c1nccs1)C1CCN(C(=O)OC(C)(C)C)CC1. The number of thiazole rings is 1. The van der Waals surface area contributed by atoms with E-state index in [4.69, 9.17) is 4.74 Å². The van der Waals surface area contributed by atoms with Crippen LogP contribution in [0.1, 0.15) is 33.6 Å². The van der Waals surface area contributed by atoms with Crippen LogP contribution in [0.2, 0.25) is 0 Å². The molecule has 0 bridgehead atoms. The van der Waals surface area contributed by atoms with Gasteiger partial charge in [0.15, 0.2) is 5.13 Å². The number of piperidine rings is 1. The van der Waals surface area contributed by atoms with Crippen LogP contribution in [0.4, 0.5) is 9.93 Å². The molecule has 1 aliphatic heterocycles. The van der Waals surface area contributed by atoms with Gasteiger partial charge in [-0.1, -0.05) is 0 Å². The molecule has 20 heavy (non-hydrogen) atoms. The normalized spacial score (nSPS) is 17.1. The molecule has 0 atom stereocenters. The van der Waals surface area contributed by atoms with Crippen molar-refractivity contribution in [2.45, 2.75) is 45.3 Å². The van der Waals surface area contributed by atoms with Crippen molar-refractivity contribution in [1.29, 1.82) is 0 Å². The molecule has 1 amide bonds. The van der Waals surface area contributed by atoms with E-state index in [1.165, 1.54) is 0 Å². The standard InChI is InChI=1S/C14H23N3O2S/c1-14(2,3)19-13(18)17-8-5-11(6-9-17)16(4)12-15-7-10-20-12/h7,10-11H,5-6,8-9H2,1-4H3. The van der Waals surface area contributed by atoms with Crippen LogP contribution in [0.25, 0.3) is 0 Å². The van der Waals surface area contributed by atoms with Gasteiger partial charge in [-0.25, -0.2) is 9.78 Å². The Morgan fingerprint density at radius 1 is 1.45 bits per heavy atom. The first-order chi connectivity index (χ1) is 9.37. The zero-order chi connectivity index (χ0) is 14.8. The summed E-state index contributed by atoms with van der Waals surface area (Å²) in [6.07, 6.45) is 3.53. The Kier molecular flexibility index (Phi) is 4.52. The number of amides is 1. The van der Waals surface area contributed by atoms with E-state index >= 15 is 0 Å². The molecule has 1 aliphatic rings. The van der Waals surface area contributed by atoms with Crippen molar-refractivity contribution >= 4 is 22.6 Å². The maximum atomic E-state index is 12.0. The second-order valence-electron chi connectivity index (χ2n) is 6.12. The van der Waals surface area contributed by atoms with Crippen LogP contribution in [-0.4, -0.2) is 47.8 Å². The lowest BCUT2D eigenvalue weighted by molar-refractivity contribution is 0.0205. The summed E-state index contributed by atoms with van der Waals surface area (Å²) in [7, 11) is 2.08. The van der Waals surface area contributed by atoms with Crippen molar-refractivity contribution < 1.29 is 9.53 Å². The van der Waals surface area contributed by atoms with E-state index < -0.39 is 5.60 Å². The molecule has 2 heterocycles. The van der Waals surface area contributed by atoms with Crippen molar-refractivity contribution in [2.24, 2.45) is 0 Å². The van der Waals surface area contributed by atoms with Crippen LogP contribution in [0.15, 0.2) is 11.6 Å². The summed E-state index contributed by atoms with van der Waals surface area (Å²) in [6.45, 7) is 7.18. The van der Waals surface area contributed by atoms with Crippen LogP contribution in [-0.2, 0) is 4.74 Å². The van der Waals surface area contributed by atoms with Crippen molar-refractivity contribution in [2.75, 3.05) is 25.0 Å². The van der Waals surface area contributed by atoms with Gasteiger partial charge in [-0.2, -0.15) is 0 Å². The number of carbonyl (C=O) groups is 1. The van der Waals surface area contributed by atoms with Gasteiger partial charge >= 0.3 is 6.09 Å². The Morgan fingerprint density at radius 2 is 2.10 bits per heavy atom. The third-order valence-corrected chi connectivity index (χ3v) is 4.25. The van der Waals surface area contributed by atoms with E-state index in [1.807, 2.05) is 32.3 Å². The van der Waals surface area contributed by atoms with Crippen molar-refractivity contribution in [3.8, 4) is 0 Å². The lowest BCUT2D eigenvalue weighted by Crippen LogP contribution is -2.47. The highest BCUT2D eigenvalue weighted by atomic mass is 32.1. The summed E-state index contributed by atoms with van der Waals surface area (Å²) in [4.78, 5) is 20.4. The topological polar surface area (TPSA) is 45.7 Å². The zero-order valence-corrected chi connectivity index (χ0v) is 13.4. The maximum Gasteiger partial charge on any atom is 0.410 e. The number of likely N-dealkylation sites (tertiary alicyclic amines) is 1. The summed E-state index contributed by atoms with van der Waals surface area (Å²) >= 11 is 1.65. The summed E-state index contributed by atoms with van der Waals surface area (Å²) < 4.78 is 5.41. The molecule has 0 aliphatic carbocycles. The second-order valence-corrected chi connectivity index (χ2v) is 7.00. The number of hydrogen-bond donors (Lipinski definition) is 0. The van der Waals surface area contributed by atoms with E-state index in [1.54, 1.807) is 16.2 Å². The molecular formula is C14H23N3O2S. The van der Waals surface area contributed by atoms with Gasteiger partial charge in [0.25, 0.3) is 0 Å². The Morgan fingerprint density at radius 3 is 2.60 bits per heavy atom. The molecule has 2 rings (SSSR count). The highest BCUT2D eigenvalue weighted by molar-refractivity contribution is 7.13. The Labute approximate surface area is 124 Å². The minimum atomic E-state index is -0.425. The molecular weight excluding hydrogens is 274 g/mol. The average Bonchev–Trinajstić information content (AvgIpc) is 2.90. The van der Waals surface area contributed by atoms with Gasteiger partial charge < -0.3 is 14.5 Å². The number of ether oxygens (including phenoxy) is 1. The zero-order valence-electron chi connectivity index (χ0n) is 12.6. The highest BCUT2D eigenvalue weighted by Gasteiger charge is 2.28. The minimum absolute atomic E-state index is 0.201. The predicted octanol–water partition coefficient (Wildman–Crippen LogP) is 2.98. The van der Waals surface area contributed by atoms with Crippen molar-refractivity contribution in [1.82, 2.24) is 9.88 Å². The minimum Gasteiger partial charge on any atom is -0.444 e. The Bertz CT molecular complexity index is 434. The molecule has 0 unspecified atom stereocenters. The molecule has 1 aromatic rings. The maximum absolute atomic E-state index is 12.0. The quantitative estimate of drug-likeness (QED) is 0.842. The monoisotopic (exact) mass is 297 g/mol. The second kappa shape index (κ2) is 5.99. The number of nitrogens with zero attached hydrogens (tertiary/aromatic N) is 3. The first-order valence-corrected chi connectivity index (χ1v) is 7.85. The molecule has 1 fully saturated rings. The lowest BCUT2D eigenvalue weighted by Gasteiger charge is -2.37. The van der Waals surface area contributed by atoms with Gasteiger partial charge in [0.1, 0.15) is 5.60 Å². The van der Waals surface area contributed by atoms with Gasteiger partial charge in [0, 0.05) is 37.8 Å². The molecule has 0 aromatic carbocycles. The smallest absolute Gasteiger partial charge is 0.410 e. The van der Waals surface area contributed by atoms with E-state index in [-0.39, 0.29) is 6.09 Å². The van der Waals surface area contributed by atoms with E-state index in [2.05, 4.69) is 16.9 Å². The average molecular weight is 297 g/mol. The van der Waals surface area contributed by atoms with Gasteiger partial charge in [-0.15, -0.1) is 11.3 Å². The predicted molar refractivity (Wildman–Crippen MR) is 81.3 cm³/mol. The first-order valence-electron chi connectivity index (χ1n) is 6.97. The molecule has 1 aromatic heterocycles. The third kappa shape index (κ3) is 3.85. The van der Waals surface area contributed by atoms with Crippen LogP contribution in [0.3, 0.4) is 0 Å². The summed E-state index contributed by atoms with van der Waals surface area (Å²) in [5.41, 5.74) is -0.425. The van der Waals surface area contributed by atoms with E-state index in [9.17, 15) is 4.79 Å². The largest absolute Gasteiger partial charge is 0.444 e. The lowest BCUT2D eigenvalue weighted by atomic mass is 10.0. The third-order valence-electron chi connectivity index (χ3n) is 3.38. The first kappa shape index (κ1) is 15.1. The van der Waals surface area contributed by atoms with Crippen molar-refractivity contribution in [3.63, 3.8) is 0 Å². The number of hydrogen-bond acceptors (Lipinski definition) is 5. The summed E-state index contributed by atoms with van der Waals surface area (Å²) in [5, 5.41) is 3.03. The van der Waals surface area contributed by atoms with Crippen LogP contribution in [0.5, 0.6) is 0 Å². The molecule has 5 nitrogen and oxygen atoms in total. The molecule has 6 heteroatoms. The van der Waals surface area contributed by atoms with Gasteiger partial charge in [0.05, 0.1) is 0 Å². The molecule has 0 radical (unpaired) electrons. The fourth-order valence-electron chi connectivity index (χ4n) is 2.31. The molecule has 1 saturated heterocycles. The van der Waals surface area contributed by atoms with Crippen LogP contribution < -0.4 is 4.90 Å². The number of rotatable bonds is 2. The van der Waals surface area contributed by atoms with Crippen LogP contribution in [0, 0.1) is 0 Å². The Balaban J connectivity index is 1.85. The van der Waals surface area contributed by atoms with Crippen LogP contribution >= 0.6 is 11.3 Å². The molecule has 0 N–H and O–H groups in total. The molecule has 112 valence electrons. The summed E-state index contributed by atoms with van der Waals surface area (Å²) in [6, 6.07) is 0.444. The fraction of sp³-hybridized carbons (Fsp3) is 0.714.